The molecule has 0 bridgehead atoms. The van der Waals surface area contributed by atoms with Gasteiger partial charge in [-0.1, -0.05) is 51.1 Å². The van der Waals surface area contributed by atoms with E-state index in [1.165, 1.54) is 5.56 Å². The maximum Gasteiger partial charge on any atom is 0.126 e. The lowest BCUT2D eigenvalue weighted by Crippen LogP contribution is -2.37. The summed E-state index contributed by atoms with van der Waals surface area (Å²) in [6, 6.07) is 10.8. The summed E-state index contributed by atoms with van der Waals surface area (Å²) in [6.45, 7) is 7.75. The molecule has 1 aromatic carbocycles. The minimum Gasteiger partial charge on any atom is -0.334 e. The Morgan fingerprint density at radius 1 is 1.25 bits per heavy atom. The van der Waals surface area contributed by atoms with E-state index in [2.05, 4.69) is 72.2 Å². The average molecular weight is 271 g/mol. The highest BCUT2D eigenvalue weighted by Crippen LogP contribution is 2.35. The summed E-state index contributed by atoms with van der Waals surface area (Å²) in [5.74, 6) is 1.11. The van der Waals surface area contributed by atoms with Gasteiger partial charge in [0.15, 0.2) is 0 Å². The van der Waals surface area contributed by atoms with Gasteiger partial charge in [-0.25, -0.2) is 4.98 Å². The van der Waals surface area contributed by atoms with Crippen LogP contribution in [0.15, 0.2) is 42.7 Å². The Bertz CT molecular complexity index is 528. The van der Waals surface area contributed by atoms with Crippen molar-refractivity contribution in [2.75, 3.05) is 7.05 Å². The van der Waals surface area contributed by atoms with Crippen LogP contribution in [0.3, 0.4) is 0 Å². The highest BCUT2D eigenvalue weighted by Gasteiger charge is 2.34. The van der Waals surface area contributed by atoms with E-state index in [4.69, 9.17) is 0 Å². The number of nitrogens with one attached hydrogen (secondary N) is 1. The second-order valence-corrected chi connectivity index (χ2v) is 5.79. The zero-order chi connectivity index (χ0) is 14.6. The largest absolute Gasteiger partial charge is 0.334 e. The minimum atomic E-state index is -0.0210. The van der Waals surface area contributed by atoms with E-state index in [0.717, 1.165) is 18.8 Å². The van der Waals surface area contributed by atoms with Crippen molar-refractivity contribution in [1.82, 2.24) is 14.9 Å². The molecule has 0 aliphatic heterocycles. The topological polar surface area (TPSA) is 29.9 Å². The molecule has 3 nitrogen and oxygen atoms in total. The summed E-state index contributed by atoms with van der Waals surface area (Å²) in [6.07, 6.45) is 5.09. The summed E-state index contributed by atoms with van der Waals surface area (Å²) in [4.78, 5) is 4.60. The number of benzene rings is 1. The molecule has 0 aliphatic carbocycles. The fraction of sp³-hybridized carbons (Fsp3) is 0.471. The molecule has 0 saturated carbocycles. The molecule has 0 radical (unpaired) electrons. The minimum absolute atomic E-state index is 0.0210. The number of hydrogen-bond donors (Lipinski definition) is 1. The van der Waals surface area contributed by atoms with Crippen LogP contribution in [0.5, 0.6) is 0 Å². The van der Waals surface area contributed by atoms with E-state index >= 15 is 0 Å². The highest BCUT2D eigenvalue weighted by atomic mass is 15.1. The molecule has 0 aliphatic rings. The van der Waals surface area contributed by atoms with Crippen molar-refractivity contribution in [2.45, 2.75) is 45.2 Å². The number of nitrogens with zero attached hydrogens (tertiary/aromatic N) is 2. The van der Waals surface area contributed by atoms with E-state index in [1.807, 2.05) is 13.2 Å². The Labute approximate surface area is 122 Å². The van der Waals surface area contributed by atoms with E-state index in [1.54, 1.807) is 0 Å². The van der Waals surface area contributed by atoms with E-state index < -0.39 is 0 Å². The second-order valence-electron chi connectivity index (χ2n) is 5.79. The summed E-state index contributed by atoms with van der Waals surface area (Å²) in [7, 11) is 2.01. The lowest BCUT2D eigenvalue weighted by atomic mass is 9.77. The zero-order valence-corrected chi connectivity index (χ0v) is 12.9. The molecule has 0 fully saturated rings. The van der Waals surface area contributed by atoms with Gasteiger partial charge in [-0.3, -0.25) is 0 Å². The molecule has 20 heavy (non-hydrogen) atoms. The smallest absolute Gasteiger partial charge is 0.126 e. The molecular formula is C17H25N3. The van der Waals surface area contributed by atoms with Gasteiger partial charge in [0.1, 0.15) is 5.82 Å². The van der Waals surface area contributed by atoms with Crippen LogP contribution in [0, 0.1) is 0 Å². The third-order valence-electron chi connectivity index (χ3n) is 4.00. The molecule has 0 spiro atoms. The van der Waals surface area contributed by atoms with Gasteiger partial charge < -0.3 is 9.88 Å². The monoisotopic (exact) mass is 271 g/mol. The third kappa shape index (κ3) is 2.78. The molecule has 1 unspecified atom stereocenters. The van der Waals surface area contributed by atoms with Crippen LogP contribution < -0.4 is 5.32 Å². The van der Waals surface area contributed by atoms with Gasteiger partial charge in [-0.2, -0.15) is 0 Å². The molecule has 3 heteroatoms. The Morgan fingerprint density at radius 3 is 2.55 bits per heavy atom. The van der Waals surface area contributed by atoms with Crippen molar-refractivity contribution < 1.29 is 0 Å². The van der Waals surface area contributed by atoms with Crippen LogP contribution in [0.2, 0.25) is 0 Å². The van der Waals surface area contributed by atoms with Crippen LogP contribution in [0.25, 0.3) is 0 Å². The van der Waals surface area contributed by atoms with E-state index in [0.29, 0.717) is 0 Å². The first-order chi connectivity index (χ1) is 9.61. The predicted octanol–water partition coefficient (Wildman–Crippen LogP) is 3.53. The summed E-state index contributed by atoms with van der Waals surface area (Å²) in [5.41, 5.74) is 1.30. The van der Waals surface area contributed by atoms with Crippen molar-refractivity contribution in [3.63, 3.8) is 0 Å². The molecular weight excluding hydrogens is 246 g/mol. The maximum absolute atomic E-state index is 4.60. The average Bonchev–Trinajstić information content (AvgIpc) is 2.89. The quantitative estimate of drug-likeness (QED) is 0.871. The summed E-state index contributed by atoms with van der Waals surface area (Å²) < 4.78 is 2.26. The lowest BCUT2D eigenvalue weighted by molar-refractivity contribution is 0.342. The van der Waals surface area contributed by atoms with Crippen LogP contribution in [-0.4, -0.2) is 16.6 Å². The van der Waals surface area contributed by atoms with Gasteiger partial charge in [0.05, 0.1) is 6.04 Å². The number of rotatable bonds is 6. The van der Waals surface area contributed by atoms with E-state index in [9.17, 15) is 0 Å². The van der Waals surface area contributed by atoms with Crippen LogP contribution in [0.4, 0.5) is 0 Å². The fourth-order valence-electron chi connectivity index (χ4n) is 2.86. The Kier molecular flexibility index (Phi) is 4.61. The standard InChI is InChI=1S/C17H25N3/c1-5-12-20-13-11-19-16(20)15(18-4)17(2,3)14-9-7-6-8-10-14/h6-11,13,15,18H,5,12H2,1-4H3. The summed E-state index contributed by atoms with van der Waals surface area (Å²) >= 11 is 0. The van der Waals surface area contributed by atoms with Gasteiger partial charge >= 0.3 is 0 Å². The first kappa shape index (κ1) is 14.8. The molecule has 1 heterocycles. The molecule has 0 amide bonds. The van der Waals surface area contributed by atoms with Crippen LogP contribution in [0.1, 0.15) is 44.6 Å². The Morgan fingerprint density at radius 2 is 1.95 bits per heavy atom. The van der Waals surface area contributed by atoms with Crippen molar-refractivity contribution >= 4 is 0 Å². The molecule has 1 atom stereocenters. The first-order valence-electron chi connectivity index (χ1n) is 7.35. The van der Waals surface area contributed by atoms with Gasteiger partial charge in [-0.05, 0) is 19.0 Å². The van der Waals surface area contributed by atoms with Gasteiger partial charge in [0.2, 0.25) is 0 Å². The SMILES string of the molecule is CCCn1ccnc1C(NC)C(C)(C)c1ccccc1. The van der Waals surface area contributed by atoms with Crippen molar-refractivity contribution in [3.8, 4) is 0 Å². The number of aromatic nitrogens is 2. The number of hydrogen-bond acceptors (Lipinski definition) is 2. The maximum atomic E-state index is 4.60. The van der Waals surface area contributed by atoms with E-state index in [-0.39, 0.29) is 11.5 Å². The van der Waals surface area contributed by atoms with Crippen LogP contribution >= 0.6 is 0 Å². The fourth-order valence-corrected chi connectivity index (χ4v) is 2.86. The Balaban J connectivity index is 2.38. The number of aryl methyl sites for hydroxylation is 1. The number of imidazole rings is 1. The Hall–Kier alpha value is -1.61. The van der Waals surface area contributed by atoms with Crippen molar-refractivity contribution in [3.05, 3.63) is 54.1 Å². The predicted molar refractivity (Wildman–Crippen MR) is 83.8 cm³/mol. The molecule has 1 N–H and O–H groups in total. The van der Waals surface area contributed by atoms with Gasteiger partial charge in [0.25, 0.3) is 0 Å². The third-order valence-corrected chi connectivity index (χ3v) is 4.00. The second kappa shape index (κ2) is 6.23. The summed E-state index contributed by atoms with van der Waals surface area (Å²) in [5, 5.41) is 3.46. The molecule has 108 valence electrons. The lowest BCUT2D eigenvalue weighted by Gasteiger charge is -2.34. The molecule has 1 aromatic heterocycles. The van der Waals surface area contributed by atoms with Gasteiger partial charge in [0, 0.05) is 24.4 Å². The molecule has 2 aromatic rings. The van der Waals surface area contributed by atoms with Crippen LogP contribution in [-0.2, 0) is 12.0 Å². The zero-order valence-electron chi connectivity index (χ0n) is 12.9. The normalized spacial score (nSPS) is 13.4. The first-order valence-corrected chi connectivity index (χ1v) is 7.35. The van der Waals surface area contributed by atoms with Crippen molar-refractivity contribution in [1.29, 1.82) is 0 Å². The molecule has 0 saturated heterocycles. The highest BCUT2D eigenvalue weighted by molar-refractivity contribution is 5.28. The van der Waals surface area contributed by atoms with Gasteiger partial charge in [-0.15, -0.1) is 0 Å². The molecule has 2 rings (SSSR count). The number of likely N-dealkylation sites (N-methyl/N-ethyl adjacent to an activating group) is 1. The van der Waals surface area contributed by atoms with Crippen molar-refractivity contribution in [2.24, 2.45) is 0 Å².